The summed E-state index contributed by atoms with van der Waals surface area (Å²) in [6, 6.07) is 4.09. The second-order valence-electron chi connectivity index (χ2n) is 8.81. The van der Waals surface area contributed by atoms with Crippen LogP contribution in [0.2, 0.25) is 0 Å². The van der Waals surface area contributed by atoms with Crippen molar-refractivity contribution >= 4 is 5.96 Å². The molecule has 1 saturated carbocycles. The number of piperidine rings is 1. The van der Waals surface area contributed by atoms with Crippen molar-refractivity contribution in [2.75, 3.05) is 40.5 Å². The number of ether oxygens (including phenoxy) is 3. The molecule has 7 nitrogen and oxygen atoms in total. The molecular formula is C24H40N4O3. The summed E-state index contributed by atoms with van der Waals surface area (Å²) in [5.41, 5.74) is 1.16. The highest BCUT2D eigenvalue weighted by Crippen LogP contribution is 2.26. The van der Waals surface area contributed by atoms with E-state index in [0.717, 1.165) is 81.7 Å². The number of guanidine groups is 1. The minimum absolute atomic E-state index is 0.303. The molecule has 1 aromatic heterocycles. The van der Waals surface area contributed by atoms with Gasteiger partial charge in [-0.2, -0.15) is 0 Å². The van der Waals surface area contributed by atoms with Gasteiger partial charge in [-0.25, -0.2) is 4.98 Å². The number of hydrogen-bond donors (Lipinski definition) is 1. The highest BCUT2D eigenvalue weighted by Gasteiger charge is 2.22. The maximum Gasteiger partial charge on any atom is 0.213 e. The molecule has 0 bridgehead atoms. The van der Waals surface area contributed by atoms with Crippen molar-refractivity contribution in [3.05, 3.63) is 23.9 Å². The third-order valence-corrected chi connectivity index (χ3v) is 6.30. The zero-order chi connectivity index (χ0) is 21.9. The van der Waals surface area contributed by atoms with Gasteiger partial charge < -0.3 is 24.4 Å². The fraction of sp³-hybridized carbons (Fsp3) is 0.750. The predicted molar refractivity (Wildman–Crippen MR) is 124 cm³/mol. The van der Waals surface area contributed by atoms with Gasteiger partial charge in [0.05, 0.1) is 6.10 Å². The number of pyridine rings is 1. The molecule has 2 aliphatic rings. The molecule has 0 amide bonds. The van der Waals surface area contributed by atoms with Crippen molar-refractivity contribution in [2.24, 2.45) is 10.9 Å². The van der Waals surface area contributed by atoms with Crippen molar-refractivity contribution in [1.29, 1.82) is 0 Å². The van der Waals surface area contributed by atoms with Crippen molar-refractivity contribution in [2.45, 2.75) is 70.6 Å². The van der Waals surface area contributed by atoms with E-state index >= 15 is 0 Å². The lowest BCUT2D eigenvalue weighted by molar-refractivity contribution is 0.00989. The van der Waals surface area contributed by atoms with Crippen LogP contribution < -0.4 is 10.1 Å². The lowest BCUT2D eigenvalue weighted by Gasteiger charge is -2.34. The van der Waals surface area contributed by atoms with E-state index in [1.807, 2.05) is 19.3 Å². The van der Waals surface area contributed by atoms with E-state index in [1.165, 1.54) is 12.8 Å². The minimum Gasteiger partial charge on any atom is -0.474 e. The number of hydrogen-bond acceptors (Lipinski definition) is 5. The Morgan fingerprint density at radius 1 is 1.13 bits per heavy atom. The first-order valence-electron chi connectivity index (χ1n) is 11.9. The maximum atomic E-state index is 6.15. The smallest absolute Gasteiger partial charge is 0.213 e. The van der Waals surface area contributed by atoms with Crippen molar-refractivity contribution in [1.82, 2.24) is 15.2 Å². The molecule has 1 aromatic rings. The average molecular weight is 433 g/mol. The summed E-state index contributed by atoms with van der Waals surface area (Å²) >= 11 is 0. The largest absolute Gasteiger partial charge is 0.474 e. The topological polar surface area (TPSA) is 68.2 Å². The molecule has 2 fully saturated rings. The number of aromatic nitrogens is 1. The monoisotopic (exact) mass is 432 g/mol. The van der Waals surface area contributed by atoms with E-state index < -0.39 is 0 Å². The molecule has 0 aromatic carbocycles. The van der Waals surface area contributed by atoms with E-state index in [1.54, 1.807) is 7.11 Å². The zero-order valence-electron chi connectivity index (χ0n) is 19.5. The molecule has 1 aliphatic heterocycles. The molecule has 0 atom stereocenters. The SMILES string of the molecule is CN=C(NCc1ccnc(OC2CCC(C)CC2)c1)N1CCC(OCCCOC)CC1. The Balaban J connectivity index is 1.41. The van der Waals surface area contributed by atoms with Crippen molar-refractivity contribution in [3.8, 4) is 5.88 Å². The summed E-state index contributed by atoms with van der Waals surface area (Å²) in [6.07, 6.45) is 10.3. The molecule has 1 aliphatic carbocycles. The predicted octanol–water partition coefficient (Wildman–Crippen LogP) is 3.63. The molecular weight excluding hydrogens is 392 g/mol. The molecule has 31 heavy (non-hydrogen) atoms. The summed E-state index contributed by atoms with van der Waals surface area (Å²) in [6.45, 7) is 6.49. The molecule has 0 spiro atoms. The highest BCUT2D eigenvalue weighted by atomic mass is 16.5. The average Bonchev–Trinajstić information content (AvgIpc) is 2.80. The van der Waals surface area contributed by atoms with E-state index in [-0.39, 0.29) is 0 Å². The summed E-state index contributed by atoms with van der Waals surface area (Å²) in [5, 5.41) is 3.50. The van der Waals surface area contributed by atoms with Crippen molar-refractivity contribution in [3.63, 3.8) is 0 Å². The summed E-state index contributed by atoms with van der Waals surface area (Å²) in [4.78, 5) is 11.2. The Hall–Kier alpha value is -1.86. The Morgan fingerprint density at radius 3 is 2.61 bits per heavy atom. The normalized spacial score (nSPS) is 23.1. The first-order chi connectivity index (χ1) is 15.2. The Kier molecular flexibility index (Phi) is 9.87. The van der Waals surface area contributed by atoms with Gasteiger partial charge in [0.1, 0.15) is 6.10 Å². The lowest BCUT2D eigenvalue weighted by Crippen LogP contribution is -2.46. The quantitative estimate of drug-likeness (QED) is 0.365. The molecule has 1 saturated heterocycles. The molecule has 7 heteroatoms. The first-order valence-corrected chi connectivity index (χ1v) is 11.9. The van der Waals surface area contributed by atoms with Crippen LogP contribution in [0.5, 0.6) is 5.88 Å². The van der Waals surface area contributed by atoms with Gasteiger partial charge in [0, 0.05) is 59.3 Å². The van der Waals surface area contributed by atoms with Gasteiger partial charge in [0.25, 0.3) is 0 Å². The Morgan fingerprint density at radius 2 is 1.90 bits per heavy atom. The number of methoxy groups -OCH3 is 1. The fourth-order valence-electron chi connectivity index (χ4n) is 4.34. The Labute approximate surface area is 187 Å². The van der Waals surface area contributed by atoms with Crippen molar-refractivity contribution < 1.29 is 14.2 Å². The standard InChI is InChI=1S/C24H40N4O3/c1-19-5-7-22(8-6-19)31-23-17-20(9-12-26-23)18-27-24(25-2)28-13-10-21(11-14-28)30-16-4-15-29-3/h9,12,17,19,21-22H,4-8,10-11,13-16,18H2,1-3H3,(H,25,27). The third kappa shape index (κ3) is 7.96. The van der Waals surface area contributed by atoms with E-state index in [9.17, 15) is 0 Å². The molecule has 1 N–H and O–H groups in total. The first kappa shape index (κ1) is 23.8. The van der Waals surface area contributed by atoms with Crippen LogP contribution in [0.4, 0.5) is 0 Å². The van der Waals surface area contributed by atoms with Crippen LogP contribution in [0.3, 0.4) is 0 Å². The van der Waals surface area contributed by atoms with Gasteiger partial charge in [0.2, 0.25) is 5.88 Å². The number of aliphatic imine (C=N–C) groups is 1. The van der Waals surface area contributed by atoms with Gasteiger partial charge in [-0.1, -0.05) is 6.92 Å². The van der Waals surface area contributed by atoms with Gasteiger partial charge in [-0.05, 0) is 62.5 Å². The fourth-order valence-corrected chi connectivity index (χ4v) is 4.34. The Bertz CT molecular complexity index is 669. The lowest BCUT2D eigenvalue weighted by atomic mass is 9.89. The molecule has 0 unspecified atom stereocenters. The van der Waals surface area contributed by atoms with Gasteiger partial charge in [0.15, 0.2) is 5.96 Å². The van der Waals surface area contributed by atoms with Crippen LogP contribution in [0.15, 0.2) is 23.3 Å². The van der Waals surface area contributed by atoms with Crippen LogP contribution in [0, 0.1) is 5.92 Å². The minimum atomic E-state index is 0.303. The summed E-state index contributed by atoms with van der Waals surface area (Å²) in [5.74, 6) is 2.50. The summed E-state index contributed by atoms with van der Waals surface area (Å²) < 4.78 is 17.2. The van der Waals surface area contributed by atoms with Gasteiger partial charge in [-0.3, -0.25) is 4.99 Å². The molecule has 3 rings (SSSR count). The third-order valence-electron chi connectivity index (χ3n) is 6.30. The molecule has 174 valence electrons. The van der Waals surface area contributed by atoms with Crippen LogP contribution in [0.1, 0.15) is 57.4 Å². The summed E-state index contributed by atoms with van der Waals surface area (Å²) in [7, 11) is 3.58. The van der Waals surface area contributed by atoms with Crippen LogP contribution in [-0.2, 0) is 16.0 Å². The maximum absolute atomic E-state index is 6.15. The van der Waals surface area contributed by atoms with E-state index in [2.05, 4.69) is 33.2 Å². The zero-order valence-corrected chi connectivity index (χ0v) is 19.5. The second-order valence-corrected chi connectivity index (χ2v) is 8.81. The van der Waals surface area contributed by atoms with E-state index in [0.29, 0.717) is 18.8 Å². The van der Waals surface area contributed by atoms with Crippen LogP contribution in [-0.4, -0.2) is 68.5 Å². The highest BCUT2D eigenvalue weighted by molar-refractivity contribution is 5.79. The number of nitrogens with one attached hydrogen (secondary N) is 1. The van der Waals surface area contributed by atoms with Gasteiger partial charge >= 0.3 is 0 Å². The molecule has 2 heterocycles. The molecule has 0 radical (unpaired) electrons. The number of likely N-dealkylation sites (tertiary alicyclic amines) is 1. The second kappa shape index (κ2) is 12.9. The van der Waals surface area contributed by atoms with E-state index in [4.69, 9.17) is 14.2 Å². The van der Waals surface area contributed by atoms with Crippen LogP contribution >= 0.6 is 0 Å². The van der Waals surface area contributed by atoms with Gasteiger partial charge in [-0.15, -0.1) is 0 Å². The number of rotatable bonds is 9. The number of nitrogens with zero attached hydrogens (tertiary/aromatic N) is 3. The van der Waals surface area contributed by atoms with Crippen LogP contribution in [0.25, 0.3) is 0 Å².